The largest absolute Gasteiger partial charge is 0.496 e. The Labute approximate surface area is 167 Å². The molecular formula is C19H24N6O4. The van der Waals surface area contributed by atoms with Gasteiger partial charge in [0.15, 0.2) is 23.2 Å². The van der Waals surface area contributed by atoms with Gasteiger partial charge in [0.2, 0.25) is 0 Å². The number of benzene rings is 1. The number of methoxy groups -OCH3 is 1. The molecule has 1 aromatic carbocycles. The molecule has 2 aromatic heterocycles. The van der Waals surface area contributed by atoms with Crippen molar-refractivity contribution < 1.29 is 19.7 Å². The maximum absolute atomic E-state index is 10.1. The summed E-state index contributed by atoms with van der Waals surface area (Å²) in [5, 5.41) is 22.8. The predicted octanol–water partition coefficient (Wildman–Crippen LogP) is 0.0674. The Kier molecular flexibility index (Phi) is 5.58. The second-order valence-electron chi connectivity index (χ2n) is 6.85. The van der Waals surface area contributed by atoms with Gasteiger partial charge < -0.3 is 30.7 Å². The molecule has 0 spiro atoms. The first-order valence-corrected chi connectivity index (χ1v) is 9.37. The number of anilines is 1. The van der Waals surface area contributed by atoms with Crippen LogP contribution in [0.25, 0.3) is 11.2 Å². The molecule has 10 nitrogen and oxygen atoms in total. The van der Waals surface area contributed by atoms with Crippen molar-refractivity contribution in [2.24, 2.45) is 5.73 Å². The van der Waals surface area contributed by atoms with Crippen LogP contribution in [0.4, 0.5) is 5.82 Å². The molecule has 0 saturated carbocycles. The first kappa shape index (κ1) is 19.5. The molecule has 154 valence electrons. The van der Waals surface area contributed by atoms with Crippen molar-refractivity contribution in [1.29, 1.82) is 0 Å². The normalized spacial score (nSPS) is 24.1. The fourth-order valence-corrected chi connectivity index (χ4v) is 3.56. The third-order valence-corrected chi connectivity index (χ3v) is 5.11. The summed E-state index contributed by atoms with van der Waals surface area (Å²) in [5.41, 5.74) is 8.27. The van der Waals surface area contributed by atoms with Crippen LogP contribution in [0.3, 0.4) is 0 Å². The number of ether oxygens (including phenoxy) is 2. The molecule has 0 unspecified atom stereocenters. The van der Waals surface area contributed by atoms with Gasteiger partial charge in [-0.2, -0.15) is 0 Å². The number of aliphatic hydroxyl groups excluding tert-OH is 2. The monoisotopic (exact) mass is 400 g/mol. The van der Waals surface area contributed by atoms with Crippen molar-refractivity contribution in [3.05, 3.63) is 42.5 Å². The SMILES string of the molecule is COc1ccccc1CCNc1ncnc2c1ncn2[C@@H]1O[C@H](CO)[C@@H](O)[C@H]1N. The van der Waals surface area contributed by atoms with Gasteiger partial charge >= 0.3 is 0 Å². The summed E-state index contributed by atoms with van der Waals surface area (Å²) in [6.45, 7) is 0.312. The molecule has 29 heavy (non-hydrogen) atoms. The number of para-hydroxylation sites is 1. The van der Waals surface area contributed by atoms with Crippen LogP contribution in [-0.4, -0.2) is 68.2 Å². The van der Waals surface area contributed by atoms with Gasteiger partial charge in [-0.25, -0.2) is 15.0 Å². The third-order valence-electron chi connectivity index (χ3n) is 5.11. The van der Waals surface area contributed by atoms with Crippen molar-refractivity contribution in [2.45, 2.75) is 30.9 Å². The summed E-state index contributed by atoms with van der Waals surface area (Å²) in [7, 11) is 1.65. The lowest BCUT2D eigenvalue weighted by Crippen LogP contribution is -2.39. The predicted molar refractivity (Wildman–Crippen MR) is 105 cm³/mol. The Bertz CT molecular complexity index is 980. The van der Waals surface area contributed by atoms with Crippen molar-refractivity contribution in [3.63, 3.8) is 0 Å². The zero-order chi connectivity index (χ0) is 20.4. The van der Waals surface area contributed by atoms with Gasteiger partial charge in [0.1, 0.15) is 24.3 Å². The van der Waals surface area contributed by atoms with E-state index in [0.717, 1.165) is 17.7 Å². The summed E-state index contributed by atoms with van der Waals surface area (Å²) in [4.78, 5) is 13.0. The lowest BCUT2D eigenvalue weighted by atomic mass is 10.1. The molecule has 1 aliphatic rings. The second kappa shape index (κ2) is 8.29. The molecule has 1 aliphatic heterocycles. The van der Waals surface area contributed by atoms with Gasteiger partial charge in [-0.1, -0.05) is 18.2 Å². The fourth-order valence-electron chi connectivity index (χ4n) is 3.56. The molecular weight excluding hydrogens is 376 g/mol. The molecule has 0 amide bonds. The first-order chi connectivity index (χ1) is 14.1. The van der Waals surface area contributed by atoms with Crippen molar-refractivity contribution >= 4 is 17.0 Å². The molecule has 4 rings (SSSR count). The molecule has 3 aromatic rings. The van der Waals surface area contributed by atoms with Crippen LogP contribution < -0.4 is 15.8 Å². The van der Waals surface area contributed by atoms with E-state index in [-0.39, 0.29) is 6.61 Å². The van der Waals surface area contributed by atoms with Gasteiger partial charge in [-0.3, -0.25) is 4.57 Å². The van der Waals surface area contributed by atoms with E-state index in [0.29, 0.717) is 23.5 Å². The fraction of sp³-hybridized carbons (Fsp3) is 0.421. The molecule has 0 radical (unpaired) electrons. The van der Waals surface area contributed by atoms with Crippen molar-refractivity contribution in [3.8, 4) is 5.75 Å². The highest BCUT2D eigenvalue weighted by molar-refractivity contribution is 5.82. The molecule has 10 heteroatoms. The van der Waals surface area contributed by atoms with Gasteiger partial charge in [0.25, 0.3) is 0 Å². The molecule has 1 fully saturated rings. The van der Waals surface area contributed by atoms with E-state index in [4.69, 9.17) is 15.2 Å². The van der Waals surface area contributed by atoms with Crippen LogP contribution in [0.1, 0.15) is 11.8 Å². The van der Waals surface area contributed by atoms with Gasteiger partial charge in [0, 0.05) is 6.54 Å². The van der Waals surface area contributed by atoms with Crippen molar-refractivity contribution in [2.75, 3.05) is 25.6 Å². The highest BCUT2D eigenvalue weighted by Crippen LogP contribution is 2.31. The average molecular weight is 400 g/mol. The molecule has 1 saturated heterocycles. The number of nitrogens with one attached hydrogen (secondary N) is 1. The number of hydrogen-bond acceptors (Lipinski definition) is 9. The molecule has 5 N–H and O–H groups in total. The lowest BCUT2D eigenvalue weighted by molar-refractivity contribution is -0.0437. The first-order valence-electron chi connectivity index (χ1n) is 9.37. The molecule has 3 heterocycles. The van der Waals surface area contributed by atoms with E-state index in [1.807, 2.05) is 24.3 Å². The molecule has 0 aliphatic carbocycles. The highest BCUT2D eigenvalue weighted by atomic mass is 16.5. The minimum Gasteiger partial charge on any atom is -0.496 e. The number of aliphatic hydroxyl groups is 2. The van der Waals surface area contributed by atoms with E-state index >= 15 is 0 Å². The number of aromatic nitrogens is 4. The molecule has 0 bridgehead atoms. The summed E-state index contributed by atoms with van der Waals surface area (Å²) in [6.07, 6.45) is 1.35. The highest BCUT2D eigenvalue weighted by Gasteiger charge is 2.42. The van der Waals surface area contributed by atoms with E-state index in [9.17, 15) is 10.2 Å². The Hall–Kier alpha value is -2.79. The number of imidazole rings is 1. The maximum atomic E-state index is 10.1. The Morgan fingerprint density at radius 1 is 1.28 bits per heavy atom. The van der Waals surface area contributed by atoms with Gasteiger partial charge in [-0.05, 0) is 18.1 Å². The Morgan fingerprint density at radius 3 is 2.86 bits per heavy atom. The summed E-state index contributed by atoms with van der Waals surface area (Å²) < 4.78 is 12.7. The number of fused-ring (bicyclic) bond motifs is 1. The van der Waals surface area contributed by atoms with Crippen LogP contribution in [0.2, 0.25) is 0 Å². The topological polar surface area (TPSA) is 141 Å². The van der Waals surface area contributed by atoms with E-state index < -0.39 is 24.5 Å². The van der Waals surface area contributed by atoms with Crippen molar-refractivity contribution in [1.82, 2.24) is 19.5 Å². The smallest absolute Gasteiger partial charge is 0.167 e. The average Bonchev–Trinajstić information content (AvgIpc) is 3.30. The van der Waals surface area contributed by atoms with Gasteiger partial charge in [0.05, 0.1) is 26.1 Å². The Morgan fingerprint density at radius 2 is 2.10 bits per heavy atom. The van der Waals surface area contributed by atoms with Crippen LogP contribution in [0.15, 0.2) is 36.9 Å². The Balaban J connectivity index is 1.52. The molecule has 4 atom stereocenters. The summed E-state index contributed by atoms with van der Waals surface area (Å²) in [6, 6.07) is 7.15. The summed E-state index contributed by atoms with van der Waals surface area (Å²) >= 11 is 0. The zero-order valence-electron chi connectivity index (χ0n) is 16.0. The lowest BCUT2D eigenvalue weighted by Gasteiger charge is -2.17. The standard InChI is InChI=1S/C19H24N6O4/c1-28-12-5-3-2-4-11(12)6-7-21-17-15-18(23-9-22-17)25(10-24-15)19-14(20)16(27)13(8-26)29-19/h2-5,9-10,13-14,16,19,26-27H,6-8,20H2,1H3,(H,21,22,23)/t13-,14-,16-,19-/m1/s1. The van der Waals surface area contributed by atoms with E-state index in [2.05, 4.69) is 20.3 Å². The summed E-state index contributed by atoms with van der Waals surface area (Å²) in [5.74, 6) is 1.44. The number of nitrogens with two attached hydrogens (primary N) is 1. The third kappa shape index (κ3) is 3.62. The van der Waals surface area contributed by atoms with E-state index in [1.54, 1.807) is 18.0 Å². The minimum absolute atomic E-state index is 0.317. The van der Waals surface area contributed by atoms with E-state index in [1.165, 1.54) is 6.33 Å². The van der Waals surface area contributed by atoms with Gasteiger partial charge in [-0.15, -0.1) is 0 Å². The van der Waals surface area contributed by atoms with Crippen LogP contribution in [-0.2, 0) is 11.2 Å². The van der Waals surface area contributed by atoms with Crippen LogP contribution in [0, 0.1) is 0 Å². The number of rotatable bonds is 7. The zero-order valence-corrected chi connectivity index (χ0v) is 16.0. The van der Waals surface area contributed by atoms with Crippen LogP contribution in [0.5, 0.6) is 5.75 Å². The minimum atomic E-state index is -0.970. The van der Waals surface area contributed by atoms with Crippen LogP contribution >= 0.6 is 0 Å². The number of nitrogens with zero attached hydrogens (tertiary/aromatic N) is 4. The quantitative estimate of drug-likeness (QED) is 0.433. The maximum Gasteiger partial charge on any atom is 0.167 e. The second-order valence-corrected chi connectivity index (χ2v) is 6.85. The number of hydrogen-bond donors (Lipinski definition) is 4.